The Kier molecular flexibility index (Phi) is 7.41. The molecule has 0 aliphatic rings. The van der Waals surface area contributed by atoms with Gasteiger partial charge in [0.1, 0.15) is 12.4 Å². The summed E-state index contributed by atoms with van der Waals surface area (Å²) in [4.78, 5) is 10.6. The summed E-state index contributed by atoms with van der Waals surface area (Å²) in [6.45, 7) is 5.16. The number of ether oxygens (including phenoxy) is 2. The van der Waals surface area contributed by atoms with Gasteiger partial charge >= 0.3 is 0 Å². The number of hydrogen-bond donors (Lipinski definition) is 1. The number of amides is 1. The zero-order chi connectivity index (χ0) is 15.0. The van der Waals surface area contributed by atoms with Crippen LogP contribution in [0.3, 0.4) is 0 Å². The fraction of sp³-hybridized carbons (Fsp3) is 0.533. The van der Waals surface area contributed by atoms with Crippen LogP contribution in [-0.2, 0) is 16.0 Å². The Balaban J connectivity index is 2.75. The number of hydrogen-bond acceptors (Lipinski definition) is 3. The summed E-state index contributed by atoms with van der Waals surface area (Å²) in [5.41, 5.74) is 1.04. The number of benzene rings is 1. The number of halogens is 1. The van der Waals surface area contributed by atoms with Gasteiger partial charge in [-0.3, -0.25) is 4.79 Å². The SMILES string of the molecule is COCCOc1cc(Cl)cc(C[C@H](NC=O)C(C)C)c1. The molecule has 1 atom stereocenters. The molecule has 0 saturated carbocycles. The van der Waals surface area contributed by atoms with Crippen LogP contribution in [0.15, 0.2) is 18.2 Å². The van der Waals surface area contributed by atoms with Crippen molar-refractivity contribution >= 4 is 18.0 Å². The van der Waals surface area contributed by atoms with Gasteiger partial charge in [-0.25, -0.2) is 0 Å². The van der Waals surface area contributed by atoms with Crippen molar-refractivity contribution in [2.24, 2.45) is 5.92 Å². The van der Waals surface area contributed by atoms with Crippen molar-refractivity contribution in [2.45, 2.75) is 26.3 Å². The van der Waals surface area contributed by atoms with Crippen molar-refractivity contribution in [3.8, 4) is 5.75 Å². The quantitative estimate of drug-likeness (QED) is 0.563. The minimum Gasteiger partial charge on any atom is -0.491 e. The second-order valence-corrected chi connectivity index (χ2v) is 5.41. The van der Waals surface area contributed by atoms with E-state index < -0.39 is 0 Å². The van der Waals surface area contributed by atoms with Crippen LogP contribution in [0.4, 0.5) is 0 Å². The Morgan fingerprint density at radius 1 is 1.30 bits per heavy atom. The van der Waals surface area contributed by atoms with E-state index in [9.17, 15) is 4.79 Å². The zero-order valence-electron chi connectivity index (χ0n) is 12.2. The molecular weight excluding hydrogens is 278 g/mol. The second-order valence-electron chi connectivity index (χ2n) is 4.98. The lowest BCUT2D eigenvalue weighted by atomic mass is 9.96. The molecule has 5 heteroatoms. The maximum absolute atomic E-state index is 10.6. The summed E-state index contributed by atoms with van der Waals surface area (Å²) in [5.74, 6) is 1.07. The standard InChI is InChI=1S/C15H22ClNO3/c1-11(2)15(17-10-18)8-12-6-13(16)9-14(7-12)20-5-4-19-3/h6-7,9-11,15H,4-5,8H2,1-3H3,(H,17,18)/t15-/m0/s1. The first-order valence-corrected chi connectivity index (χ1v) is 7.05. The fourth-order valence-corrected chi connectivity index (χ4v) is 2.14. The smallest absolute Gasteiger partial charge is 0.207 e. The average Bonchev–Trinajstić information content (AvgIpc) is 2.38. The van der Waals surface area contributed by atoms with Crippen molar-refractivity contribution < 1.29 is 14.3 Å². The Labute approximate surface area is 125 Å². The summed E-state index contributed by atoms with van der Waals surface area (Å²) >= 11 is 6.10. The molecule has 1 N–H and O–H groups in total. The summed E-state index contributed by atoms with van der Waals surface area (Å²) in [6, 6.07) is 5.70. The third-order valence-electron chi connectivity index (χ3n) is 3.03. The van der Waals surface area contributed by atoms with Crippen LogP contribution in [-0.4, -0.2) is 32.8 Å². The Hall–Kier alpha value is -1.26. The Morgan fingerprint density at radius 3 is 2.65 bits per heavy atom. The van der Waals surface area contributed by atoms with Crippen molar-refractivity contribution in [2.75, 3.05) is 20.3 Å². The molecule has 112 valence electrons. The van der Waals surface area contributed by atoms with Crippen LogP contribution >= 0.6 is 11.6 Å². The molecule has 0 radical (unpaired) electrons. The fourth-order valence-electron chi connectivity index (χ4n) is 1.89. The lowest BCUT2D eigenvalue weighted by Crippen LogP contribution is -2.34. The highest BCUT2D eigenvalue weighted by molar-refractivity contribution is 6.30. The molecule has 0 aliphatic heterocycles. The molecule has 0 fully saturated rings. The lowest BCUT2D eigenvalue weighted by Gasteiger charge is -2.20. The van der Waals surface area contributed by atoms with Gasteiger partial charge < -0.3 is 14.8 Å². The molecular formula is C15H22ClNO3. The van der Waals surface area contributed by atoms with Crippen LogP contribution < -0.4 is 10.1 Å². The normalized spacial score (nSPS) is 12.2. The predicted molar refractivity (Wildman–Crippen MR) is 80.4 cm³/mol. The van der Waals surface area contributed by atoms with Gasteiger partial charge in [-0.2, -0.15) is 0 Å². The van der Waals surface area contributed by atoms with E-state index in [0.29, 0.717) is 24.2 Å². The molecule has 1 rings (SSSR count). The molecule has 0 unspecified atom stereocenters. The van der Waals surface area contributed by atoms with E-state index in [-0.39, 0.29) is 6.04 Å². The topological polar surface area (TPSA) is 47.6 Å². The molecule has 20 heavy (non-hydrogen) atoms. The van der Waals surface area contributed by atoms with Crippen molar-refractivity contribution in [3.05, 3.63) is 28.8 Å². The van der Waals surface area contributed by atoms with Crippen LogP contribution in [0.1, 0.15) is 19.4 Å². The van der Waals surface area contributed by atoms with Gasteiger partial charge in [0.05, 0.1) is 6.61 Å². The van der Waals surface area contributed by atoms with Gasteiger partial charge in [0.2, 0.25) is 6.41 Å². The summed E-state index contributed by atoms with van der Waals surface area (Å²) < 4.78 is 10.5. The minimum atomic E-state index is 0.0813. The number of carbonyl (C=O) groups excluding carboxylic acids is 1. The maximum atomic E-state index is 10.6. The van der Waals surface area contributed by atoms with E-state index in [2.05, 4.69) is 19.2 Å². The molecule has 0 aliphatic carbocycles. The van der Waals surface area contributed by atoms with Gasteiger partial charge in [0.25, 0.3) is 0 Å². The van der Waals surface area contributed by atoms with Crippen molar-refractivity contribution in [3.63, 3.8) is 0 Å². The van der Waals surface area contributed by atoms with Crippen molar-refractivity contribution in [1.29, 1.82) is 0 Å². The first-order chi connectivity index (χ1) is 9.56. The lowest BCUT2D eigenvalue weighted by molar-refractivity contribution is -0.110. The molecule has 0 spiro atoms. The Bertz CT molecular complexity index is 424. The highest BCUT2D eigenvalue weighted by atomic mass is 35.5. The van der Waals surface area contributed by atoms with E-state index in [4.69, 9.17) is 21.1 Å². The summed E-state index contributed by atoms with van der Waals surface area (Å²) in [6.07, 6.45) is 1.46. The van der Waals surface area contributed by atoms with Gasteiger partial charge in [0, 0.05) is 18.2 Å². The molecule has 1 aromatic rings. The zero-order valence-corrected chi connectivity index (χ0v) is 12.9. The highest BCUT2D eigenvalue weighted by Crippen LogP contribution is 2.23. The van der Waals surface area contributed by atoms with E-state index in [1.54, 1.807) is 13.2 Å². The van der Waals surface area contributed by atoms with Crippen LogP contribution in [0, 0.1) is 5.92 Å². The van der Waals surface area contributed by atoms with E-state index >= 15 is 0 Å². The third-order valence-corrected chi connectivity index (χ3v) is 3.25. The molecule has 0 saturated heterocycles. The first-order valence-electron chi connectivity index (χ1n) is 6.67. The number of carbonyl (C=O) groups is 1. The van der Waals surface area contributed by atoms with Gasteiger partial charge in [-0.05, 0) is 36.1 Å². The molecule has 0 heterocycles. The molecule has 1 aromatic carbocycles. The van der Waals surface area contributed by atoms with Crippen molar-refractivity contribution in [1.82, 2.24) is 5.32 Å². The first kappa shape index (κ1) is 16.8. The van der Waals surface area contributed by atoms with E-state index in [1.165, 1.54) is 0 Å². The van der Waals surface area contributed by atoms with Gasteiger partial charge in [-0.1, -0.05) is 25.4 Å². The predicted octanol–water partition coefficient (Wildman–Crippen LogP) is 2.68. The third kappa shape index (κ3) is 5.80. The highest BCUT2D eigenvalue weighted by Gasteiger charge is 2.14. The van der Waals surface area contributed by atoms with E-state index in [0.717, 1.165) is 24.1 Å². The van der Waals surface area contributed by atoms with Gasteiger partial charge in [-0.15, -0.1) is 0 Å². The number of rotatable bonds is 9. The van der Waals surface area contributed by atoms with Crippen LogP contribution in [0.25, 0.3) is 0 Å². The average molecular weight is 300 g/mol. The summed E-state index contributed by atoms with van der Waals surface area (Å²) in [5, 5.41) is 3.47. The molecule has 4 nitrogen and oxygen atoms in total. The molecule has 0 aromatic heterocycles. The minimum absolute atomic E-state index is 0.0813. The second kappa shape index (κ2) is 8.82. The Morgan fingerprint density at radius 2 is 2.05 bits per heavy atom. The molecule has 1 amide bonds. The molecule has 0 bridgehead atoms. The maximum Gasteiger partial charge on any atom is 0.207 e. The van der Waals surface area contributed by atoms with Crippen LogP contribution in [0.2, 0.25) is 5.02 Å². The number of nitrogens with one attached hydrogen (secondary N) is 1. The monoisotopic (exact) mass is 299 g/mol. The van der Waals surface area contributed by atoms with Crippen LogP contribution in [0.5, 0.6) is 5.75 Å². The van der Waals surface area contributed by atoms with Gasteiger partial charge in [0.15, 0.2) is 0 Å². The summed E-state index contributed by atoms with van der Waals surface area (Å²) in [7, 11) is 1.63. The number of methoxy groups -OCH3 is 1. The largest absolute Gasteiger partial charge is 0.491 e. The van der Waals surface area contributed by atoms with E-state index in [1.807, 2.05) is 12.1 Å².